The summed E-state index contributed by atoms with van der Waals surface area (Å²) < 4.78 is 51.7. The van der Waals surface area contributed by atoms with Gasteiger partial charge in [-0.25, -0.2) is 8.42 Å². The Bertz CT molecular complexity index is 1110. The van der Waals surface area contributed by atoms with Crippen molar-refractivity contribution >= 4 is 9.84 Å². The molecule has 0 saturated carbocycles. The molecule has 3 saturated heterocycles. The van der Waals surface area contributed by atoms with Crippen LogP contribution in [-0.2, 0) is 28.8 Å². The van der Waals surface area contributed by atoms with Crippen LogP contribution in [0.2, 0.25) is 0 Å². The highest BCUT2D eigenvalue weighted by atomic mass is 32.2. The Balaban J connectivity index is 1.50. The van der Waals surface area contributed by atoms with E-state index in [-0.39, 0.29) is 47.4 Å². The van der Waals surface area contributed by atoms with Crippen LogP contribution in [0.5, 0.6) is 0 Å². The van der Waals surface area contributed by atoms with Crippen LogP contribution >= 0.6 is 0 Å². The van der Waals surface area contributed by atoms with Crippen LogP contribution in [0.25, 0.3) is 0 Å². The molecule has 3 aliphatic rings. The Morgan fingerprint density at radius 3 is 2.40 bits per heavy atom. The molecule has 4 rings (SSSR count). The van der Waals surface area contributed by atoms with Crippen LogP contribution in [0, 0.1) is 11.8 Å². The highest BCUT2D eigenvalue weighted by molar-refractivity contribution is 7.91. The SMILES string of the molecule is C=C1C(C)CC(CC[C@@H]2OC(C)CC2=C)OC1C[C@@H]1OC(CC(O)CO)[C@H](OC)C1CS(=O)(=O)c1ccccc1. The number of benzene rings is 1. The summed E-state index contributed by atoms with van der Waals surface area (Å²) >= 11 is 0. The molecule has 3 aliphatic heterocycles. The van der Waals surface area contributed by atoms with Gasteiger partial charge in [-0.3, -0.25) is 0 Å². The van der Waals surface area contributed by atoms with E-state index in [2.05, 4.69) is 27.0 Å². The average Bonchev–Trinajstić information content (AvgIpc) is 3.42. The maximum absolute atomic E-state index is 13.4. The van der Waals surface area contributed by atoms with E-state index >= 15 is 0 Å². The molecule has 0 aromatic heterocycles. The van der Waals surface area contributed by atoms with E-state index in [0.29, 0.717) is 6.42 Å². The Labute approximate surface area is 239 Å². The van der Waals surface area contributed by atoms with Crippen molar-refractivity contribution in [2.75, 3.05) is 19.5 Å². The van der Waals surface area contributed by atoms with Gasteiger partial charge >= 0.3 is 0 Å². The summed E-state index contributed by atoms with van der Waals surface area (Å²) in [6.07, 6.45) is 1.40. The smallest absolute Gasteiger partial charge is 0.178 e. The minimum Gasteiger partial charge on any atom is -0.394 e. The third kappa shape index (κ3) is 7.43. The fraction of sp³-hybridized carbons (Fsp3) is 0.677. The van der Waals surface area contributed by atoms with E-state index in [9.17, 15) is 18.6 Å². The molecular formula is C31H46O8S. The summed E-state index contributed by atoms with van der Waals surface area (Å²) in [6, 6.07) is 8.38. The lowest BCUT2D eigenvalue weighted by Gasteiger charge is -2.38. The molecule has 0 spiro atoms. The maximum atomic E-state index is 13.4. The van der Waals surface area contributed by atoms with E-state index < -0.39 is 46.8 Å². The lowest BCUT2D eigenvalue weighted by atomic mass is 9.83. The largest absolute Gasteiger partial charge is 0.394 e. The number of ether oxygens (including phenoxy) is 4. The maximum Gasteiger partial charge on any atom is 0.178 e. The van der Waals surface area contributed by atoms with Crippen molar-refractivity contribution in [3.8, 4) is 0 Å². The fourth-order valence-corrected chi connectivity index (χ4v) is 8.21. The summed E-state index contributed by atoms with van der Waals surface area (Å²) in [5.41, 5.74) is 2.12. The topological polar surface area (TPSA) is 112 Å². The van der Waals surface area contributed by atoms with Crippen molar-refractivity contribution in [2.24, 2.45) is 11.8 Å². The third-order valence-corrected chi connectivity index (χ3v) is 10.5. The van der Waals surface area contributed by atoms with Crippen molar-refractivity contribution in [1.29, 1.82) is 0 Å². The predicted octanol–water partition coefficient (Wildman–Crippen LogP) is 3.86. The van der Waals surface area contributed by atoms with Gasteiger partial charge in [0.25, 0.3) is 0 Å². The van der Waals surface area contributed by atoms with E-state index in [0.717, 1.165) is 36.8 Å². The van der Waals surface area contributed by atoms with Crippen LogP contribution in [0.1, 0.15) is 52.4 Å². The highest BCUT2D eigenvalue weighted by Gasteiger charge is 2.48. The monoisotopic (exact) mass is 578 g/mol. The molecule has 224 valence electrons. The number of sulfone groups is 1. The first-order valence-corrected chi connectivity index (χ1v) is 16.1. The van der Waals surface area contributed by atoms with Crippen molar-refractivity contribution in [1.82, 2.24) is 0 Å². The van der Waals surface area contributed by atoms with Crippen LogP contribution < -0.4 is 0 Å². The molecule has 9 heteroatoms. The summed E-state index contributed by atoms with van der Waals surface area (Å²) in [7, 11) is -2.11. The first kappa shape index (κ1) is 31.3. The quantitative estimate of drug-likeness (QED) is 0.360. The van der Waals surface area contributed by atoms with Gasteiger partial charge in [-0.05, 0) is 61.8 Å². The number of aliphatic hydroxyl groups is 2. The molecule has 1 aromatic rings. The molecule has 0 amide bonds. The van der Waals surface area contributed by atoms with E-state index in [1.165, 1.54) is 7.11 Å². The van der Waals surface area contributed by atoms with Crippen LogP contribution in [0.4, 0.5) is 0 Å². The molecule has 8 nitrogen and oxygen atoms in total. The number of aliphatic hydroxyl groups excluding tert-OH is 2. The Morgan fingerprint density at radius 1 is 1.05 bits per heavy atom. The Hall–Kier alpha value is -1.59. The zero-order valence-corrected chi connectivity index (χ0v) is 24.8. The fourth-order valence-electron chi connectivity index (χ4n) is 6.54. The second kappa shape index (κ2) is 13.6. The highest BCUT2D eigenvalue weighted by Crippen LogP contribution is 2.41. The van der Waals surface area contributed by atoms with Gasteiger partial charge in [0.15, 0.2) is 9.84 Å². The van der Waals surface area contributed by atoms with Gasteiger partial charge in [0.05, 0.1) is 66.1 Å². The van der Waals surface area contributed by atoms with Crippen molar-refractivity contribution in [2.45, 2.75) is 106 Å². The predicted molar refractivity (Wildman–Crippen MR) is 153 cm³/mol. The molecule has 2 N–H and O–H groups in total. The summed E-state index contributed by atoms with van der Waals surface area (Å²) in [5.74, 6) is -0.410. The second-order valence-electron chi connectivity index (χ2n) is 11.8. The molecule has 40 heavy (non-hydrogen) atoms. The number of hydrogen-bond acceptors (Lipinski definition) is 8. The molecule has 7 unspecified atom stereocenters. The normalized spacial score (nSPS) is 35.8. The van der Waals surface area contributed by atoms with Gasteiger partial charge in [0.2, 0.25) is 0 Å². The Morgan fingerprint density at radius 2 is 1.77 bits per heavy atom. The van der Waals surface area contributed by atoms with Crippen LogP contribution in [0.3, 0.4) is 0 Å². The minimum atomic E-state index is -3.64. The standard InChI is InChI=1S/C31H46O8S/c1-19-14-24(11-12-27-20(2)13-21(3)37-27)38-28(22(19)4)16-29-26(18-40(34,35)25-9-7-6-8-10-25)31(36-5)30(39-29)15-23(33)17-32/h6-10,19,21,23-24,26-33H,2,4,11-18H2,1,3,5H3/t19?,21?,23?,24?,26?,27-,28?,29-,30?,31+/m0/s1. The molecule has 10 atom stereocenters. The van der Waals surface area contributed by atoms with Crippen LogP contribution in [-0.4, -0.2) is 86.9 Å². The average molecular weight is 579 g/mol. The first-order chi connectivity index (χ1) is 19.0. The van der Waals surface area contributed by atoms with Crippen molar-refractivity contribution in [3.63, 3.8) is 0 Å². The summed E-state index contributed by atoms with van der Waals surface area (Å²) in [5, 5.41) is 19.6. The molecule has 3 fully saturated rings. The van der Waals surface area contributed by atoms with Gasteiger partial charge in [-0.1, -0.05) is 38.3 Å². The molecular weight excluding hydrogens is 532 g/mol. The Kier molecular flexibility index (Phi) is 10.7. The van der Waals surface area contributed by atoms with Gasteiger partial charge in [-0.15, -0.1) is 0 Å². The van der Waals surface area contributed by atoms with Crippen molar-refractivity contribution < 1.29 is 37.6 Å². The summed E-state index contributed by atoms with van der Waals surface area (Å²) in [4.78, 5) is 0.250. The van der Waals surface area contributed by atoms with Gasteiger partial charge in [0.1, 0.15) is 0 Å². The van der Waals surface area contributed by atoms with Gasteiger partial charge < -0.3 is 29.2 Å². The molecule has 3 heterocycles. The second-order valence-corrected chi connectivity index (χ2v) is 13.8. The zero-order chi connectivity index (χ0) is 29.0. The number of methoxy groups -OCH3 is 1. The minimum absolute atomic E-state index is 0.0240. The van der Waals surface area contributed by atoms with Crippen molar-refractivity contribution in [3.05, 3.63) is 54.6 Å². The molecule has 0 aliphatic carbocycles. The molecule has 1 aromatic carbocycles. The first-order valence-electron chi connectivity index (χ1n) is 14.4. The molecule has 0 radical (unpaired) electrons. The lowest BCUT2D eigenvalue weighted by molar-refractivity contribution is -0.0788. The number of rotatable bonds is 12. The lowest BCUT2D eigenvalue weighted by Crippen LogP contribution is -2.40. The zero-order valence-electron chi connectivity index (χ0n) is 24.0. The van der Waals surface area contributed by atoms with E-state index in [1.807, 2.05) is 0 Å². The van der Waals surface area contributed by atoms with E-state index in [1.54, 1.807) is 30.3 Å². The number of hydrogen-bond donors (Lipinski definition) is 2. The third-order valence-electron chi connectivity index (χ3n) is 8.74. The summed E-state index contributed by atoms with van der Waals surface area (Å²) in [6.45, 7) is 12.3. The van der Waals surface area contributed by atoms with Gasteiger partial charge in [-0.2, -0.15) is 0 Å². The van der Waals surface area contributed by atoms with Gasteiger partial charge in [0, 0.05) is 25.9 Å². The van der Waals surface area contributed by atoms with Crippen LogP contribution in [0.15, 0.2) is 59.5 Å². The van der Waals surface area contributed by atoms with E-state index in [4.69, 9.17) is 18.9 Å². The molecule has 0 bridgehead atoms.